The molecule has 1 unspecified atom stereocenters. The van der Waals surface area contributed by atoms with Crippen LogP contribution in [0.15, 0.2) is 48.6 Å². The molecule has 2 atom stereocenters. The number of allylic oxidation sites excluding steroid dienone is 3. The number of rotatable bonds is 6. The summed E-state index contributed by atoms with van der Waals surface area (Å²) in [6.07, 6.45) is 7.15. The average Bonchev–Trinajstić information content (AvgIpc) is 2.65. The van der Waals surface area contributed by atoms with Gasteiger partial charge in [-0.05, 0) is 24.0 Å². The van der Waals surface area contributed by atoms with E-state index in [0.29, 0.717) is 12.8 Å². The molecule has 1 aromatic rings. The lowest BCUT2D eigenvalue weighted by Crippen LogP contribution is -2.50. The number of hydrogen-bond acceptors (Lipinski definition) is 4. The van der Waals surface area contributed by atoms with Crippen molar-refractivity contribution in [2.45, 2.75) is 25.8 Å². The topological polar surface area (TPSA) is 104 Å². The van der Waals surface area contributed by atoms with E-state index in [9.17, 15) is 9.59 Å². The van der Waals surface area contributed by atoms with E-state index in [2.05, 4.69) is 11.4 Å². The number of carbonyl (C=O) groups excluding carboxylic acids is 2. The van der Waals surface area contributed by atoms with Crippen LogP contribution in [0, 0.1) is 5.41 Å². The van der Waals surface area contributed by atoms with Crippen LogP contribution in [0.5, 0.6) is 0 Å². The fourth-order valence-electron chi connectivity index (χ4n) is 2.67. The summed E-state index contributed by atoms with van der Waals surface area (Å²) in [5.41, 5.74) is 8.60. The van der Waals surface area contributed by atoms with Crippen molar-refractivity contribution in [2.24, 2.45) is 11.1 Å². The Balaban J connectivity index is 2.03. The molecule has 2 rings (SSSR count). The molecular weight excluding hydrogens is 306 g/mol. The first-order valence-corrected chi connectivity index (χ1v) is 7.95. The molecule has 0 saturated heterocycles. The molecule has 128 valence electrons. The van der Waals surface area contributed by atoms with E-state index in [-0.39, 0.29) is 12.5 Å². The Kier molecular flexibility index (Phi) is 5.89. The van der Waals surface area contributed by atoms with Gasteiger partial charge in [0.25, 0.3) is 5.91 Å². The molecule has 0 bridgehead atoms. The smallest absolute Gasteiger partial charge is 0.262 e. The van der Waals surface area contributed by atoms with Gasteiger partial charge in [-0.2, -0.15) is 0 Å². The first-order valence-electron chi connectivity index (χ1n) is 7.95. The number of hydroxylamine groups is 1. The molecule has 0 aliphatic heterocycles. The molecule has 0 heterocycles. The van der Waals surface area contributed by atoms with Gasteiger partial charge in [0.05, 0.1) is 5.41 Å². The molecule has 2 amide bonds. The van der Waals surface area contributed by atoms with Gasteiger partial charge < -0.3 is 11.1 Å². The Morgan fingerprint density at radius 2 is 2.04 bits per heavy atom. The molecule has 1 aliphatic rings. The van der Waals surface area contributed by atoms with Crippen LogP contribution in [0.25, 0.3) is 5.57 Å². The lowest BCUT2D eigenvalue weighted by Gasteiger charge is -2.30. The normalized spacial score (nSPS) is 20.9. The molecule has 6 heteroatoms. The van der Waals surface area contributed by atoms with Crippen LogP contribution in [-0.2, 0) is 9.59 Å². The lowest BCUT2D eigenvalue weighted by molar-refractivity contribution is -0.131. The van der Waals surface area contributed by atoms with Gasteiger partial charge in [-0.15, -0.1) is 0 Å². The van der Waals surface area contributed by atoms with E-state index in [0.717, 1.165) is 11.1 Å². The van der Waals surface area contributed by atoms with Gasteiger partial charge in [-0.25, -0.2) is 5.48 Å². The van der Waals surface area contributed by atoms with Crippen molar-refractivity contribution in [1.82, 2.24) is 10.8 Å². The number of benzene rings is 1. The molecule has 0 radical (unpaired) electrons. The fraction of sp³-hybridized carbons (Fsp3) is 0.333. The third kappa shape index (κ3) is 3.90. The first kappa shape index (κ1) is 17.9. The summed E-state index contributed by atoms with van der Waals surface area (Å²) in [6.45, 7) is 1.92. The predicted molar refractivity (Wildman–Crippen MR) is 91.8 cm³/mol. The molecule has 1 aromatic carbocycles. The van der Waals surface area contributed by atoms with Crippen LogP contribution in [0.4, 0.5) is 0 Å². The quantitative estimate of drug-likeness (QED) is 0.467. The molecule has 0 fully saturated rings. The van der Waals surface area contributed by atoms with Gasteiger partial charge in [0, 0.05) is 6.54 Å². The Morgan fingerprint density at radius 3 is 2.58 bits per heavy atom. The van der Waals surface area contributed by atoms with Gasteiger partial charge in [-0.3, -0.25) is 14.8 Å². The Labute approximate surface area is 141 Å². The maximum atomic E-state index is 12.6. The SMILES string of the molecule is CCC1(C(=O)NC[C@@H](N)C(=O)NO)C=CC(c2ccccc2)=CC1. The highest BCUT2D eigenvalue weighted by atomic mass is 16.5. The summed E-state index contributed by atoms with van der Waals surface area (Å²) >= 11 is 0. The highest BCUT2D eigenvalue weighted by molar-refractivity contribution is 5.89. The Morgan fingerprint density at radius 1 is 1.33 bits per heavy atom. The maximum absolute atomic E-state index is 12.6. The fourth-order valence-corrected chi connectivity index (χ4v) is 2.67. The van der Waals surface area contributed by atoms with Gasteiger partial charge in [0.2, 0.25) is 5.91 Å². The second kappa shape index (κ2) is 7.90. The minimum Gasteiger partial charge on any atom is -0.353 e. The number of nitrogens with one attached hydrogen (secondary N) is 2. The second-order valence-electron chi connectivity index (χ2n) is 5.87. The summed E-state index contributed by atoms with van der Waals surface area (Å²) in [5, 5.41) is 11.2. The van der Waals surface area contributed by atoms with E-state index in [1.165, 1.54) is 5.48 Å². The number of amides is 2. The molecule has 0 aromatic heterocycles. The van der Waals surface area contributed by atoms with Crippen molar-refractivity contribution in [3.05, 3.63) is 54.1 Å². The van der Waals surface area contributed by atoms with Gasteiger partial charge in [0.1, 0.15) is 6.04 Å². The maximum Gasteiger partial charge on any atom is 0.262 e. The zero-order chi connectivity index (χ0) is 17.6. The van der Waals surface area contributed by atoms with Crippen molar-refractivity contribution in [2.75, 3.05) is 6.54 Å². The predicted octanol–water partition coefficient (Wildman–Crippen LogP) is 1.38. The highest BCUT2D eigenvalue weighted by Crippen LogP contribution is 2.36. The van der Waals surface area contributed by atoms with E-state index >= 15 is 0 Å². The van der Waals surface area contributed by atoms with Crippen molar-refractivity contribution < 1.29 is 14.8 Å². The zero-order valence-corrected chi connectivity index (χ0v) is 13.7. The van der Waals surface area contributed by atoms with Crippen LogP contribution in [-0.4, -0.2) is 29.6 Å². The highest BCUT2D eigenvalue weighted by Gasteiger charge is 2.35. The van der Waals surface area contributed by atoms with Crippen molar-refractivity contribution in [1.29, 1.82) is 0 Å². The molecule has 24 heavy (non-hydrogen) atoms. The molecule has 6 nitrogen and oxygen atoms in total. The number of hydrogen-bond donors (Lipinski definition) is 4. The van der Waals surface area contributed by atoms with Crippen LogP contribution in [0.3, 0.4) is 0 Å². The minimum absolute atomic E-state index is 0.0317. The van der Waals surface area contributed by atoms with Gasteiger partial charge in [-0.1, -0.05) is 55.5 Å². The molecule has 0 saturated carbocycles. The van der Waals surface area contributed by atoms with E-state index in [1.807, 2.05) is 49.4 Å². The number of carbonyl (C=O) groups is 2. The minimum atomic E-state index is -0.990. The summed E-state index contributed by atoms with van der Waals surface area (Å²) in [7, 11) is 0. The molecule has 5 N–H and O–H groups in total. The number of nitrogens with two attached hydrogens (primary N) is 1. The molecule has 1 aliphatic carbocycles. The Hall–Kier alpha value is -2.44. The van der Waals surface area contributed by atoms with Gasteiger partial charge >= 0.3 is 0 Å². The Bertz CT molecular complexity index is 655. The standard InChI is InChI=1S/C18H23N3O3/c1-2-18(17(23)20-12-15(19)16(22)21-24)10-8-14(9-11-18)13-6-4-3-5-7-13/h3-10,15,24H,2,11-12,19H2,1H3,(H,20,23)(H,21,22)/t15-,18?/m1/s1. The summed E-state index contributed by atoms with van der Waals surface area (Å²) in [5.74, 6) is -0.905. The monoisotopic (exact) mass is 329 g/mol. The van der Waals surface area contributed by atoms with Crippen LogP contribution < -0.4 is 16.5 Å². The van der Waals surface area contributed by atoms with Crippen LogP contribution >= 0.6 is 0 Å². The molecule has 0 spiro atoms. The summed E-state index contributed by atoms with van der Waals surface area (Å²) in [6, 6.07) is 8.99. The molecular formula is C18H23N3O3. The first-order chi connectivity index (χ1) is 11.5. The van der Waals surface area contributed by atoms with Crippen LogP contribution in [0.1, 0.15) is 25.3 Å². The third-order valence-electron chi connectivity index (χ3n) is 4.39. The van der Waals surface area contributed by atoms with E-state index < -0.39 is 17.4 Å². The van der Waals surface area contributed by atoms with Crippen LogP contribution in [0.2, 0.25) is 0 Å². The van der Waals surface area contributed by atoms with Gasteiger partial charge in [0.15, 0.2) is 0 Å². The average molecular weight is 329 g/mol. The zero-order valence-electron chi connectivity index (χ0n) is 13.7. The van der Waals surface area contributed by atoms with E-state index in [1.54, 1.807) is 0 Å². The summed E-state index contributed by atoms with van der Waals surface area (Å²) < 4.78 is 0. The lowest BCUT2D eigenvalue weighted by atomic mass is 9.76. The third-order valence-corrected chi connectivity index (χ3v) is 4.39. The summed E-state index contributed by atoms with van der Waals surface area (Å²) in [4.78, 5) is 23.8. The largest absolute Gasteiger partial charge is 0.353 e. The van der Waals surface area contributed by atoms with Crippen molar-refractivity contribution in [3.8, 4) is 0 Å². The van der Waals surface area contributed by atoms with Crippen molar-refractivity contribution >= 4 is 17.4 Å². The van der Waals surface area contributed by atoms with E-state index in [4.69, 9.17) is 10.9 Å². The second-order valence-corrected chi connectivity index (χ2v) is 5.87. The van der Waals surface area contributed by atoms with Crippen molar-refractivity contribution in [3.63, 3.8) is 0 Å².